The van der Waals surface area contributed by atoms with Gasteiger partial charge in [0.2, 0.25) is 5.82 Å². The first-order valence-corrected chi connectivity index (χ1v) is 5.13. The minimum absolute atomic E-state index is 0.0844. The van der Waals surface area contributed by atoms with Gasteiger partial charge in [-0.05, 0) is 18.2 Å². The Bertz CT molecular complexity index is 575. The highest BCUT2D eigenvalue weighted by atomic mass is 19.1. The standard InChI is InChI=1S/C12H10FN3O2/c1-18-12(17)11-14-7-6-10(16-11)15-9-5-3-2-4-8(9)13/h2-7H,1H3,(H,14,15,16). The number of nitrogens with one attached hydrogen (secondary N) is 1. The number of esters is 1. The van der Waals surface area contributed by atoms with E-state index in [9.17, 15) is 9.18 Å². The predicted octanol–water partition coefficient (Wildman–Crippen LogP) is 2.15. The van der Waals surface area contributed by atoms with E-state index in [1.807, 2.05) is 0 Å². The second-order valence-corrected chi connectivity index (χ2v) is 3.36. The molecule has 2 rings (SSSR count). The summed E-state index contributed by atoms with van der Waals surface area (Å²) in [5.74, 6) is -0.822. The molecule has 6 heteroatoms. The number of para-hydroxylation sites is 1. The number of ether oxygens (including phenoxy) is 1. The maximum Gasteiger partial charge on any atom is 0.376 e. The Balaban J connectivity index is 2.25. The number of carbonyl (C=O) groups excluding carboxylic acids is 1. The first kappa shape index (κ1) is 12.0. The normalized spacial score (nSPS) is 9.89. The molecule has 5 nitrogen and oxygen atoms in total. The van der Waals surface area contributed by atoms with Gasteiger partial charge < -0.3 is 10.1 Å². The second-order valence-electron chi connectivity index (χ2n) is 3.36. The van der Waals surface area contributed by atoms with Gasteiger partial charge in [-0.1, -0.05) is 12.1 Å². The van der Waals surface area contributed by atoms with Crippen LogP contribution in [0.25, 0.3) is 0 Å². The van der Waals surface area contributed by atoms with E-state index in [-0.39, 0.29) is 11.5 Å². The molecule has 1 N–H and O–H groups in total. The SMILES string of the molecule is COC(=O)c1nccc(Nc2ccccc2F)n1. The molecule has 0 saturated carbocycles. The molecule has 0 fully saturated rings. The van der Waals surface area contributed by atoms with Crippen LogP contribution in [0, 0.1) is 5.82 Å². The van der Waals surface area contributed by atoms with Gasteiger partial charge >= 0.3 is 5.97 Å². The van der Waals surface area contributed by atoms with E-state index >= 15 is 0 Å². The molecule has 0 atom stereocenters. The van der Waals surface area contributed by atoms with Crippen LogP contribution in [0.4, 0.5) is 15.9 Å². The van der Waals surface area contributed by atoms with Crippen molar-refractivity contribution < 1.29 is 13.9 Å². The summed E-state index contributed by atoms with van der Waals surface area (Å²) in [7, 11) is 1.24. The maximum atomic E-state index is 13.4. The molecule has 0 unspecified atom stereocenters. The number of rotatable bonds is 3. The molecular formula is C12H10FN3O2. The average molecular weight is 247 g/mol. The Morgan fingerprint density at radius 2 is 2.11 bits per heavy atom. The quantitative estimate of drug-likeness (QED) is 0.842. The van der Waals surface area contributed by atoms with Crippen LogP contribution in [0.1, 0.15) is 10.6 Å². The minimum Gasteiger partial charge on any atom is -0.463 e. The van der Waals surface area contributed by atoms with Crippen LogP contribution in [0.5, 0.6) is 0 Å². The van der Waals surface area contributed by atoms with Gasteiger partial charge in [-0.15, -0.1) is 0 Å². The molecule has 1 aromatic carbocycles. The molecule has 0 radical (unpaired) electrons. The number of hydrogen-bond donors (Lipinski definition) is 1. The van der Waals surface area contributed by atoms with Crippen LogP contribution >= 0.6 is 0 Å². The number of methoxy groups -OCH3 is 1. The molecular weight excluding hydrogens is 237 g/mol. The molecule has 2 aromatic rings. The zero-order valence-corrected chi connectivity index (χ0v) is 9.55. The molecule has 0 aliphatic heterocycles. The Kier molecular flexibility index (Phi) is 3.47. The zero-order chi connectivity index (χ0) is 13.0. The van der Waals surface area contributed by atoms with Crippen molar-refractivity contribution in [1.29, 1.82) is 0 Å². The van der Waals surface area contributed by atoms with Gasteiger partial charge in [-0.2, -0.15) is 0 Å². The van der Waals surface area contributed by atoms with Crippen LogP contribution in [-0.4, -0.2) is 23.0 Å². The van der Waals surface area contributed by atoms with Crippen molar-refractivity contribution in [3.63, 3.8) is 0 Å². The average Bonchev–Trinajstić information content (AvgIpc) is 2.41. The molecule has 0 spiro atoms. The van der Waals surface area contributed by atoms with Gasteiger partial charge in [0, 0.05) is 6.20 Å². The van der Waals surface area contributed by atoms with E-state index in [0.29, 0.717) is 5.82 Å². The van der Waals surface area contributed by atoms with Crippen molar-refractivity contribution in [1.82, 2.24) is 9.97 Å². The number of nitrogens with zero attached hydrogens (tertiary/aromatic N) is 2. The van der Waals surface area contributed by atoms with Crippen molar-refractivity contribution in [3.8, 4) is 0 Å². The summed E-state index contributed by atoms with van der Waals surface area (Å²) in [6.07, 6.45) is 1.39. The number of benzene rings is 1. The first-order chi connectivity index (χ1) is 8.70. The van der Waals surface area contributed by atoms with Crippen LogP contribution in [0.3, 0.4) is 0 Å². The molecule has 18 heavy (non-hydrogen) atoms. The van der Waals surface area contributed by atoms with Crippen LogP contribution in [-0.2, 0) is 4.74 Å². The highest BCUT2D eigenvalue weighted by molar-refractivity contribution is 5.85. The third kappa shape index (κ3) is 2.60. The number of carbonyl (C=O) groups is 1. The van der Waals surface area contributed by atoms with E-state index in [1.165, 1.54) is 25.4 Å². The summed E-state index contributed by atoms with van der Waals surface area (Å²) < 4.78 is 17.9. The van der Waals surface area contributed by atoms with Crippen molar-refractivity contribution >= 4 is 17.5 Å². The lowest BCUT2D eigenvalue weighted by Gasteiger charge is -2.06. The lowest BCUT2D eigenvalue weighted by atomic mass is 10.3. The van der Waals surface area contributed by atoms with Gasteiger partial charge in [0.15, 0.2) is 0 Å². The lowest BCUT2D eigenvalue weighted by molar-refractivity contribution is 0.0587. The van der Waals surface area contributed by atoms with E-state index in [2.05, 4.69) is 20.0 Å². The third-order valence-corrected chi connectivity index (χ3v) is 2.16. The number of halogens is 1. The summed E-state index contributed by atoms with van der Waals surface area (Å²) in [4.78, 5) is 18.9. The van der Waals surface area contributed by atoms with Crippen LogP contribution in [0.15, 0.2) is 36.5 Å². The summed E-state index contributed by atoms with van der Waals surface area (Å²) in [5, 5.41) is 2.76. The number of aromatic nitrogens is 2. The van der Waals surface area contributed by atoms with Gasteiger partial charge in [0.1, 0.15) is 11.6 Å². The van der Waals surface area contributed by atoms with Crippen molar-refractivity contribution in [2.45, 2.75) is 0 Å². The second kappa shape index (κ2) is 5.22. The van der Waals surface area contributed by atoms with Gasteiger partial charge in [0.25, 0.3) is 0 Å². The van der Waals surface area contributed by atoms with Crippen LogP contribution < -0.4 is 5.32 Å². The molecule has 1 aromatic heterocycles. The molecule has 0 bridgehead atoms. The minimum atomic E-state index is -0.646. The fourth-order valence-electron chi connectivity index (χ4n) is 1.32. The Hall–Kier alpha value is -2.50. The van der Waals surface area contributed by atoms with Gasteiger partial charge in [-0.3, -0.25) is 0 Å². The molecule has 0 aliphatic rings. The van der Waals surface area contributed by atoms with Gasteiger partial charge in [0.05, 0.1) is 12.8 Å². The van der Waals surface area contributed by atoms with Crippen LogP contribution in [0.2, 0.25) is 0 Å². The molecule has 0 saturated heterocycles. The Labute approximate surface area is 103 Å². The highest BCUT2D eigenvalue weighted by Gasteiger charge is 2.10. The van der Waals surface area contributed by atoms with E-state index in [4.69, 9.17) is 0 Å². The topological polar surface area (TPSA) is 64.1 Å². The summed E-state index contributed by atoms with van der Waals surface area (Å²) in [6.45, 7) is 0. The molecule has 0 amide bonds. The lowest BCUT2D eigenvalue weighted by Crippen LogP contribution is -2.08. The van der Waals surface area contributed by atoms with E-state index < -0.39 is 11.8 Å². The number of hydrogen-bond acceptors (Lipinski definition) is 5. The third-order valence-electron chi connectivity index (χ3n) is 2.16. The summed E-state index contributed by atoms with van der Waals surface area (Å²) in [6, 6.07) is 7.69. The molecule has 92 valence electrons. The van der Waals surface area contributed by atoms with E-state index in [0.717, 1.165) is 0 Å². The fourth-order valence-corrected chi connectivity index (χ4v) is 1.32. The Morgan fingerprint density at radius 3 is 2.83 bits per heavy atom. The monoisotopic (exact) mass is 247 g/mol. The molecule has 0 aliphatic carbocycles. The number of anilines is 2. The largest absolute Gasteiger partial charge is 0.463 e. The molecule has 1 heterocycles. The first-order valence-electron chi connectivity index (χ1n) is 5.13. The van der Waals surface area contributed by atoms with Crippen molar-refractivity contribution in [3.05, 3.63) is 48.2 Å². The van der Waals surface area contributed by atoms with Crippen molar-refractivity contribution in [2.75, 3.05) is 12.4 Å². The summed E-state index contributed by atoms with van der Waals surface area (Å²) in [5.41, 5.74) is 0.270. The smallest absolute Gasteiger partial charge is 0.376 e. The van der Waals surface area contributed by atoms with E-state index in [1.54, 1.807) is 18.2 Å². The zero-order valence-electron chi connectivity index (χ0n) is 9.55. The fraction of sp³-hybridized carbons (Fsp3) is 0.0833. The van der Waals surface area contributed by atoms with Crippen molar-refractivity contribution in [2.24, 2.45) is 0 Å². The maximum absolute atomic E-state index is 13.4. The predicted molar refractivity (Wildman–Crippen MR) is 63.1 cm³/mol. The Morgan fingerprint density at radius 1 is 1.33 bits per heavy atom. The summed E-state index contributed by atoms with van der Waals surface area (Å²) >= 11 is 0. The van der Waals surface area contributed by atoms with Gasteiger partial charge in [-0.25, -0.2) is 19.2 Å². The highest BCUT2D eigenvalue weighted by Crippen LogP contribution is 2.17.